The van der Waals surface area contributed by atoms with Crippen molar-refractivity contribution in [2.24, 2.45) is 5.92 Å². The van der Waals surface area contributed by atoms with Crippen LogP contribution in [0.15, 0.2) is 24.3 Å². The van der Waals surface area contributed by atoms with E-state index < -0.39 is 12.8 Å². The maximum Gasteiger partial charge on any atom is 0.422 e. The molecule has 1 aliphatic rings. The summed E-state index contributed by atoms with van der Waals surface area (Å²) < 4.78 is 40.6. The Morgan fingerprint density at radius 1 is 1.33 bits per heavy atom. The molecule has 0 spiro atoms. The van der Waals surface area contributed by atoms with Gasteiger partial charge in [-0.2, -0.15) is 13.2 Å². The second-order valence-electron chi connectivity index (χ2n) is 4.96. The minimum atomic E-state index is -4.36. The van der Waals surface area contributed by atoms with Crippen LogP contribution < -0.4 is 15.4 Å². The van der Waals surface area contributed by atoms with Gasteiger partial charge in [0.15, 0.2) is 6.61 Å². The van der Waals surface area contributed by atoms with Crippen molar-refractivity contribution >= 4 is 11.6 Å². The molecule has 7 heteroatoms. The Kier molecular flexibility index (Phi) is 5.06. The molecule has 116 valence electrons. The lowest BCUT2D eigenvalue weighted by molar-refractivity contribution is -0.153. The highest BCUT2D eigenvalue weighted by molar-refractivity contribution is 5.92. The molecule has 1 fully saturated rings. The summed E-state index contributed by atoms with van der Waals surface area (Å²) in [5.41, 5.74) is 0.546. The number of ether oxygens (including phenoxy) is 1. The van der Waals surface area contributed by atoms with Crippen LogP contribution in [0, 0.1) is 5.92 Å². The molecule has 0 aliphatic carbocycles. The fourth-order valence-electron chi connectivity index (χ4n) is 2.12. The second-order valence-corrected chi connectivity index (χ2v) is 4.96. The van der Waals surface area contributed by atoms with Gasteiger partial charge in [0.2, 0.25) is 5.91 Å². The second kappa shape index (κ2) is 6.80. The zero-order chi connectivity index (χ0) is 15.3. The Morgan fingerprint density at radius 3 is 2.62 bits per heavy atom. The van der Waals surface area contributed by atoms with Crippen LogP contribution in [0.25, 0.3) is 0 Å². The van der Waals surface area contributed by atoms with Crippen molar-refractivity contribution in [1.29, 1.82) is 0 Å². The summed E-state index contributed by atoms with van der Waals surface area (Å²) in [6.45, 7) is 0.250. The molecule has 0 aromatic heterocycles. The number of amides is 1. The van der Waals surface area contributed by atoms with Crippen LogP contribution in [-0.2, 0) is 4.79 Å². The number of hydrogen-bond acceptors (Lipinski definition) is 3. The molecule has 1 heterocycles. The Morgan fingerprint density at radius 2 is 2.05 bits per heavy atom. The molecule has 21 heavy (non-hydrogen) atoms. The van der Waals surface area contributed by atoms with Crippen molar-refractivity contribution < 1.29 is 22.7 Å². The minimum Gasteiger partial charge on any atom is -0.484 e. The molecule has 1 aliphatic heterocycles. The number of halogens is 3. The number of benzene rings is 1. The standard InChI is InChI=1S/C14H17F3N2O2/c15-14(16,17)9-21-12-5-3-11(4-6-12)19-13(20)10-2-1-7-18-8-10/h3-6,10,18H,1-2,7-9H2,(H,19,20)/t10-/m0/s1. The van der Waals surface area contributed by atoms with Gasteiger partial charge in [0.1, 0.15) is 5.75 Å². The first kappa shape index (κ1) is 15.6. The Hall–Kier alpha value is -1.76. The summed E-state index contributed by atoms with van der Waals surface area (Å²) in [6, 6.07) is 5.86. The van der Waals surface area contributed by atoms with E-state index in [1.165, 1.54) is 24.3 Å². The van der Waals surface area contributed by atoms with Gasteiger partial charge in [-0.05, 0) is 43.7 Å². The van der Waals surface area contributed by atoms with E-state index in [-0.39, 0.29) is 17.6 Å². The third-order valence-electron chi connectivity index (χ3n) is 3.19. The average molecular weight is 302 g/mol. The largest absolute Gasteiger partial charge is 0.484 e. The fraction of sp³-hybridized carbons (Fsp3) is 0.500. The molecule has 1 atom stereocenters. The topological polar surface area (TPSA) is 50.4 Å². The Bertz CT molecular complexity index is 468. The lowest BCUT2D eigenvalue weighted by atomic mass is 9.99. The van der Waals surface area contributed by atoms with Crippen LogP contribution in [0.4, 0.5) is 18.9 Å². The van der Waals surface area contributed by atoms with E-state index in [9.17, 15) is 18.0 Å². The molecule has 0 radical (unpaired) electrons. The number of rotatable bonds is 4. The molecular weight excluding hydrogens is 285 g/mol. The molecule has 0 saturated carbocycles. The van der Waals surface area contributed by atoms with Crippen LogP contribution in [0.5, 0.6) is 5.75 Å². The third-order valence-corrected chi connectivity index (χ3v) is 3.19. The molecule has 1 saturated heterocycles. The van der Waals surface area contributed by atoms with E-state index in [4.69, 9.17) is 0 Å². The van der Waals surface area contributed by atoms with Crippen LogP contribution in [0.3, 0.4) is 0 Å². The molecule has 4 nitrogen and oxygen atoms in total. The quantitative estimate of drug-likeness (QED) is 0.899. The number of nitrogens with one attached hydrogen (secondary N) is 2. The normalized spacial score (nSPS) is 19.1. The van der Waals surface area contributed by atoms with E-state index in [1.807, 2.05) is 0 Å². The molecule has 2 N–H and O–H groups in total. The average Bonchev–Trinajstić information content (AvgIpc) is 2.46. The number of piperidine rings is 1. The summed E-state index contributed by atoms with van der Waals surface area (Å²) in [7, 11) is 0. The van der Waals surface area contributed by atoms with Gasteiger partial charge < -0.3 is 15.4 Å². The summed E-state index contributed by atoms with van der Waals surface area (Å²) in [5, 5.41) is 5.91. The van der Waals surface area contributed by atoms with E-state index in [2.05, 4.69) is 15.4 Å². The molecule has 2 rings (SSSR count). The molecular formula is C14H17F3N2O2. The van der Waals surface area contributed by atoms with E-state index in [0.29, 0.717) is 12.2 Å². The monoisotopic (exact) mass is 302 g/mol. The highest BCUT2D eigenvalue weighted by Gasteiger charge is 2.28. The summed E-state index contributed by atoms with van der Waals surface area (Å²) >= 11 is 0. The van der Waals surface area contributed by atoms with Crippen molar-refractivity contribution in [3.8, 4) is 5.75 Å². The van der Waals surface area contributed by atoms with Crippen molar-refractivity contribution in [1.82, 2.24) is 5.32 Å². The van der Waals surface area contributed by atoms with Crippen LogP contribution in [0.2, 0.25) is 0 Å². The Balaban J connectivity index is 1.85. The smallest absolute Gasteiger partial charge is 0.422 e. The third kappa shape index (κ3) is 5.26. The van der Waals surface area contributed by atoms with Crippen molar-refractivity contribution in [2.45, 2.75) is 19.0 Å². The lowest BCUT2D eigenvalue weighted by Crippen LogP contribution is -2.37. The van der Waals surface area contributed by atoms with Gasteiger partial charge in [0.05, 0.1) is 5.92 Å². The number of alkyl halides is 3. The summed E-state index contributed by atoms with van der Waals surface area (Å²) in [4.78, 5) is 12.0. The van der Waals surface area contributed by atoms with Gasteiger partial charge >= 0.3 is 6.18 Å². The predicted molar refractivity (Wildman–Crippen MR) is 72.2 cm³/mol. The number of carbonyl (C=O) groups excluding carboxylic acids is 1. The number of carbonyl (C=O) groups is 1. The lowest BCUT2D eigenvalue weighted by Gasteiger charge is -2.21. The zero-order valence-electron chi connectivity index (χ0n) is 11.4. The van der Waals surface area contributed by atoms with Gasteiger partial charge in [-0.3, -0.25) is 4.79 Å². The maximum atomic E-state index is 12.0. The Labute approximate surface area is 120 Å². The summed E-state index contributed by atoms with van der Waals surface area (Å²) in [6.07, 6.45) is -2.56. The first-order chi connectivity index (χ1) is 9.94. The number of hydrogen-bond donors (Lipinski definition) is 2. The van der Waals surface area contributed by atoms with Gasteiger partial charge in [0.25, 0.3) is 0 Å². The maximum absolute atomic E-state index is 12.0. The SMILES string of the molecule is O=C(Nc1ccc(OCC(F)(F)F)cc1)[C@H]1CCCNC1. The van der Waals surface area contributed by atoms with Crippen LogP contribution in [-0.4, -0.2) is 31.8 Å². The van der Waals surface area contributed by atoms with Crippen molar-refractivity contribution in [2.75, 3.05) is 25.0 Å². The van der Waals surface area contributed by atoms with Gasteiger partial charge in [0, 0.05) is 12.2 Å². The number of anilines is 1. The van der Waals surface area contributed by atoms with E-state index in [1.54, 1.807) is 0 Å². The van der Waals surface area contributed by atoms with Gasteiger partial charge in [-0.25, -0.2) is 0 Å². The highest BCUT2D eigenvalue weighted by Crippen LogP contribution is 2.21. The molecule has 1 aromatic rings. The van der Waals surface area contributed by atoms with E-state index >= 15 is 0 Å². The molecule has 0 unspecified atom stereocenters. The molecule has 1 amide bonds. The summed E-state index contributed by atoms with van der Waals surface area (Å²) in [5.74, 6) is -0.0317. The van der Waals surface area contributed by atoms with E-state index in [0.717, 1.165) is 19.4 Å². The first-order valence-corrected chi connectivity index (χ1v) is 6.75. The zero-order valence-corrected chi connectivity index (χ0v) is 11.4. The van der Waals surface area contributed by atoms with Crippen molar-refractivity contribution in [3.05, 3.63) is 24.3 Å². The van der Waals surface area contributed by atoms with Gasteiger partial charge in [-0.15, -0.1) is 0 Å². The highest BCUT2D eigenvalue weighted by atomic mass is 19.4. The fourth-order valence-corrected chi connectivity index (χ4v) is 2.12. The van der Waals surface area contributed by atoms with Crippen LogP contribution >= 0.6 is 0 Å². The molecule has 0 bridgehead atoms. The van der Waals surface area contributed by atoms with Crippen molar-refractivity contribution in [3.63, 3.8) is 0 Å². The molecule has 1 aromatic carbocycles. The predicted octanol–water partition coefficient (Wildman–Crippen LogP) is 2.57. The minimum absolute atomic E-state index is 0.0695. The van der Waals surface area contributed by atoms with Gasteiger partial charge in [-0.1, -0.05) is 0 Å². The first-order valence-electron chi connectivity index (χ1n) is 6.75. The van der Waals surface area contributed by atoms with Crippen LogP contribution in [0.1, 0.15) is 12.8 Å².